The van der Waals surface area contributed by atoms with Crippen molar-refractivity contribution in [2.75, 3.05) is 10.2 Å². The van der Waals surface area contributed by atoms with Crippen LogP contribution in [0.2, 0.25) is 5.02 Å². The van der Waals surface area contributed by atoms with Crippen molar-refractivity contribution >= 4 is 76.0 Å². The van der Waals surface area contributed by atoms with Crippen molar-refractivity contribution in [2.45, 2.75) is 33.3 Å². The number of para-hydroxylation sites is 2. The lowest BCUT2D eigenvalue weighted by Gasteiger charge is -2.33. The highest BCUT2D eigenvalue weighted by atomic mass is 35.5. The van der Waals surface area contributed by atoms with Crippen molar-refractivity contribution in [3.05, 3.63) is 149 Å². The molecule has 6 nitrogen and oxygen atoms in total. The van der Waals surface area contributed by atoms with Crippen LogP contribution < -0.4 is 15.5 Å². The van der Waals surface area contributed by atoms with Crippen molar-refractivity contribution in [3.63, 3.8) is 0 Å². The average Bonchev–Trinajstić information content (AvgIpc) is 3.10. The Kier molecular flexibility index (Phi) is 10.1. The highest BCUT2D eigenvalue weighted by molar-refractivity contribution is 8.00. The van der Waals surface area contributed by atoms with Gasteiger partial charge in [-0.1, -0.05) is 91.0 Å². The normalized spacial score (nSPS) is 12.8. The zero-order chi connectivity index (χ0) is 32.8. The molecule has 5 aromatic carbocycles. The van der Waals surface area contributed by atoms with E-state index in [0.717, 1.165) is 26.1 Å². The Hall–Kier alpha value is -4.76. The number of rotatable bonds is 9. The van der Waals surface area contributed by atoms with E-state index in [4.69, 9.17) is 11.6 Å². The number of fused-ring (bicyclic) bond motifs is 2. The van der Waals surface area contributed by atoms with Crippen LogP contribution in [0.1, 0.15) is 29.3 Å². The number of carbonyl (C=O) groups excluding carboxylic acids is 3. The highest BCUT2D eigenvalue weighted by Crippen LogP contribution is 2.49. The molecule has 234 valence electrons. The van der Waals surface area contributed by atoms with Crippen LogP contribution in [0, 0.1) is 0 Å². The Bertz CT molecular complexity index is 1920. The molecule has 1 unspecified atom stereocenters. The molecular weight excluding hydrogens is 646 g/mol. The van der Waals surface area contributed by atoms with Gasteiger partial charge in [-0.15, -0.1) is 11.8 Å². The van der Waals surface area contributed by atoms with Gasteiger partial charge in [-0.3, -0.25) is 19.3 Å². The Balaban J connectivity index is 1.22. The lowest BCUT2D eigenvalue weighted by atomic mass is 10.1. The number of amides is 3. The second kappa shape index (κ2) is 14.8. The summed E-state index contributed by atoms with van der Waals surface area (Å²) >= 11 is 9.17. The van der Waals surface area contributed by atoms with Gasteiger partial charge in [-0.2, -0.15) is 0 Å². The Morgan fingerprint density at radius 2 is 1.45 bits per heavy atom. The van der Waals surface area contributed by atoms with Gasteiger partial charge in [0.05, 0.1) is 16.6 Å². The Morgan fingerprint density at radius 3 is 2.11 bits per heavy atom. The summed E-state index contributed by atoms with van der Waals surface area (Å²) in [5.41, 5.74) is 3.47. The third-order valence-corrected chi connectivity index (χ3v) is 10.1. The third-order valence-electron chi connectivity index (χ3n) is 7.38. The fourth-order valence-electron chi connectivity index (χ4n) is 5.07. The smallest absolute Gasteiger partial charge is 0.272 e. The van der Waals surface area contributed by atoms with E-state index in [1.807, 2.05) is 84.6 Å². The van der Waals surface area contributed by atoms with E-state index in [1.54, 1.807) is 72.4 Å². The van der Waals surface area contributed by atoms with E-state index >= 15 is 0 Å². The molecule has 0 aliphatic carbocycles. The number of carbonyl (C=O) groups is 3. The predicted octanol–water partition coefficient (Wildman–Crippen LogP) is 9.45. The standard InChI is InChI=1S/C38H30ClN3O3S2/c1-2-33(38(45)42-31-15-6-8-17-34(31)47-35-18-9-7-16-32(35)42)46-29-14-10-13-28(24-29)40-37(44)30(23-25-19-21-27(39)22-20-25)41-36(43)26-11-4-3-5-12-26/h3-24,33H,2H2,1H3,(H,40,44)(H,41,43)/b30-23+. The number of halogens is 1. The molecule has 47 heavy (non-hydrogen) atoms. The van der Waals surface area contributed by atoms with E-state index in [0.29, 0.717) is 28.3 Å². The number of anilines is 3. The van der Waals surface area contributed by atoms with Crippen LogP contribution in [-0.2, 0) is 9.59 Å². The van der Waals surface area contributed by atoms with Gasteiger partial charge in [0.25, 0.3) is 11.8 Å². The van der Waals surface area contributed by atoms with Gasteiger partial charge in [-0.05, 0) is 84.8 Å². The first-order valence-corrected chi connectivity index (χ1v) is 17.1. The van der Waals surface area contributed by atoms with Crippen LogP contribution in [0.4, 0.5) is 17.1 Å². The minimum atomic E-state index is -0.492. The first-order chi connectivity index (χ1) is 22.9. The molecule has 2 N–H and O–H groups in total. The van der Waals surface area contributed by atoms with Crippen LogP contribution in [0.15, 0.2) is 148 Å². The van der Waals surface area contributed by atoms with E-state index < -0.39 is 11.8 Å². The highest BCUT2D eigenvalue weighted by Gasteiger charge is 2.32. The van der Waals surface area contributed by atoms with Crippen molar-refractivity contribution in [1.29, 1.82) is 0 Å². The molecule has 1 aliphatic rings. The van der Waals surface area contributed by atoms with Crippen LogP contribution >= 0.6 is 35.1 Å². The SMILES string of the molecule is CCC(Sc1cccc(NC(=O)/C(=C\c2ccc(Cl)cc2)NC(=O)c2ccccc2)c1)C(=O)N1c2ccccc2Sc2ccccc21. The molecule has 3 amide bonds. The molecule has 9 heteroatoms. The topological polar surface area (TPSA) is 78.5 Å². The number of nitrogens with zero attached hydrogens (tertiary/aromatic N) is 1. The van der Waals surface area contributed by atoms with E-state index in [9.17, 15) is 14.4 Å². The molecule has 0 saturated heterocycles. The molecule has 0 spiro atoms. The molecule has 0 radical (unpaired) electrons. The first-order valence-electron chi connectivity index (χ1n) is 15.0. The van der Waals surface area contributed by atoms with Crippen molar-refractivity contribution in [1.82, 2.24) is 5.32 Å². The van der Waals surface area contributed by atoms with Gasteiger partial charge in [0.2, 0.25) is 5.91 Å². The maximum absolute atomic E-state index is 14.2. The summed E-state index contributed by atoms with van der Waals surface area (Å²) in [6.45, 7) is 2.00. The van der Waals surface area contributed by atoms with Gasteiger partial charge in [-0.25, -0.2) is 0 Å². The molecule has 0 fully saturated rings. The zero-order valence-electron chi connectivity index (χ0n) is 25.4. The fraction of sp³-hybridized carbons (Fsp3) is 0.0789. The molecule has 6 rings (SSSR count). The summed E-state index contributed by atoms with van der Waals surface area (Å²) in [4.78, 5) is 45.5. The Labute approximate surface area is 287 Å². The average molecular weight is 676 g/mol. The molecule has 1 heterocycles. The third kappa shape index (κ3) is 7.63. The van der Waals surface area contributed by atoms with Crippen LogP contribution in [0.25, 0.3) is 6.08 Å². The number of nitrogens with one attached hydrogen (secondary N) is 2. The summed E-state index contributed by atoms with van der Waals surface area (Å²) < 4.78 is 0. The summed E-state index contributed by atoms with van der Waals surface area (Å²) in [6.07, 6.45) is 2.21. The summed E-state index contributed by atoms with van der Waals surface area (Å²) in [7, 11) is 0. The largest absolute Gasteiger partial charge is 0.321 e. The monoisotopic (exact) mass is 675 g/mol. The second-order valence-corrected chi connectivity index (χ2v) is 13.4. The molecule has 0 aromatic heterocycles. The molecule has 5 aromatic rings. The van der Waals surface area contributed by atoms with Gasteiger partial charge in [0.1, 0.15) is 5.70 Å². The van der Waals surface area contributed by atoms with Crippen molar-refractivity contribution in [3.8, 4) is 0 Å². The van der Waals surface area contributed by atoms with Crippen LogP contribution in [0.3, 0.4) is 0 Å². The second-order valence-electron chi connectivity index (χ2n) is 10.6. The minimum Gasteiger partial charge on any atom is -0.321 e. The van der Waals surface area contributed by atoms with Crippen molar-refractivity contribution < 1.29 is 14.4 Å². The fourth-order valence-corrected chi connectivity index (χ4v) is 7.31. The maximum atomic E-state index is 14.2. The van der Waals surface area contributed by atoms with Crippen LogP contribution in [-0.4, -0.2) is 23.0 Å². The molecule has 1 aliphatic heterocycles. The van der Waals surface area contributed by atoms with Gasteiger partial charge < -0.3 is 10.6 Å². The molecule has 0 saturated carbocycles. The summed E-state index contributed by atoms with van der Waals surface area (Å²) in [5.74, 6) is -0.911. The van der Waals surface area contributed by atoms with Gasteiger partial charge in [0.15, 0.2) is 0 Å². The van der Waals surface area contributed by atoms with E-state index in [-0.39, 0.29) is 16.9 Å². The first kappa shape index (κ1) is 32.2. The number of thioether (sulfide) groups is 1. The van der Waals surface area contributed by atoms with Gasteiger partial charge in [0, 0.05) is 31.0 Å². The molecule has 1 atom stereocenters. The number of benzene rings is 5. The van der Waals surface area contributed by atoms with Crippen LogP contribution in [0.5, 0.6) is 0 Å². The molecule has 0 bridgehead atoms. The van der Waals surface area contributed by atoms with E-state index in [1.165, 1.54) is 11.8 Å². The predicted molar refractivity (Wildman–Crippen MR) is 192 cm³/mol. The van der Waals surface area contributed by atoms with Crippen molar-refractivity contribution in [2.24, 2.45) is 0 Å². The minimum absolute atomic E-state index is 0.0102. The number of hydrogen-bond acceptors (Lipinski definition) is 5. The quantitative estimate of drug-likeness (QED) is 0.120. The summed E-state index contributed by atoms with van der Waals surface area (Å²) in [5, 5.41) is 5.86. The maximum Gasteiger partial charge on any atom is 0.272 e. The zero-order valence-corrected chi connectivity index (χ0v) is 27.7. The summed E-state index contributed by atoms with van der Waals surface area (Å²) in [6, 6.07) is 38.9. The lowest BCUT2D eigenvalue weighted by Crippen LogP contribution is -2.35. The van der Waals surface area contributed by atoms with E-state index in [2.05, 4.69) is 10.6 Å². The Morgan fingerprint density at radius 1 is 0.809 bits per heavy atom. The van der Waals surface area contributed by atoms with Gasteiger partial charge >= 0.3 is 0 Å². The number of hydrogen-bond donors (Lipinski definition) is 2. The lowest BCUT2D eigenvalue weighted by molar-refractivity contribution is -0.117. The molecular formula is C38H30ClN3O3S2.